The third-order valence-corrected chi connectivity index (χ3v) is 4.55. The highest BCUT2D eigenvalue weighted by molar-refractivity contribution is 6.30. The number of benzene rings is 2. The summed E-state index contributed by atoms with van der Waals surface area (Å²) in [7, 11) is 0. The molecule has 3 aromatic rings. The van der Waals surface area contributed by atoms with Crippen LogP contribution in [0.2, 0.25) is 5.02 Å². The zero-order valence-corrected chi connectivity index (χ0v) is 14.6. The molecular formula is C19H15ClN4O2. The molecule has 1 aromatic heterocycles. The zero-order valence-electron chi connectivity index (χ0n) is 13.9. The number of carbonyl (C=O) groups is 2. The number of hydrogen-bond acceptors (Lipinski definition) is 3. The van der Waals surface area contributed by atoms with E-state index in [1.165, 1.54) is 11.9 Å². The second kappa shape index (κ2) is 6.31. The fourth-order valence-electron chi connectivity index (χ4n) is 3.07. The first kappa shape index (κ1) is 16.4. The van der Waals surface area contributed by atoms with E-state index in [1.54, 1.807) is 30.5 Å². The van der Waals surface area contributed by atoms with Gasteiger partial charge in [0.1, 0.15) is 0 Å². The number of aromatic amines is 1. The number of rotatable bonds is 2. The molecule has 1 unspecified atom stereocenters. The third kappa shape index (κ3) is 2.74. The summed E-state index contributed by atoms with van der Waals surface area (Å²) in [6.45, 7) is 1.39. The minimum absolute atomic E-state index is 0.315. The van der Waals surface area contributed by atoms with Gasteiger partial charge in [-0.15, -0.1) is 0 Å². The Morgan fingerprint density at radius 3 is 2.62 bits per heavy atom. The van der Waals surface area contributed by atoms with E-state index in [-0.39, 0.29) is 11.8 Å². The SMILES string of the molecule is CC(=O)N1N=C(c2ccc(Cl)cc2)NC(=O)C1c1c[nH]c2ccccc12. The molecule has 0 saturated carbocycles. The fourth-order valence-corrected chi connectivity index (χ4v) is 3.20. The Balaban J connectivity index is 1.80. The van der Waals surface area contributed by atoms with Crippen molar-refractivity contribution in [3.63, 3.8) is 0 Å². The molecule has 7 heteroatoms. The molecule has 26 heavy (non-hydrogen) atoms. The normalized spacial score (nSPS) is 17.2. The maximum absolute atomic E-state index is 12.9. The number of para-hydroxylation sites is 1. The highest BCUT2D eigenvalue weighted by atomic mass is 35.5. The topological polar surface area (TPSA) is 77.6 Å². The molecule has 0 bridgehead atoms. The van der Waals surface area contributed by atoms with Gasteiger partial charge in [0.15, 0.2) is 11.9 Å². The second-order valence-corrected chi connectivity index (χ2v) is 6.44. The average Bonchev–Trinajstić information content (AvgIpc) is 3.05. The Kier molecular flexibility index (Phi) is 3.97. The number of carbonyl (C=O) groups excluding carboxylic acids is 2. The maximum atomic E-state index is 12.9. The van der Waals surface area contributed by atoms with Crippen LogP contribution in [-0.2, 0) is 9.59 Å². The molecule has 1 aliphatic rings. The second-order valence-electron chi connectivity index (χ2n) is 6.00. The number of hydrazone groups is 1. The Labute approximate surface area is 154 Å². The standard InChI is InChI=1S/C19H15ClN4O2/c1-11(25)24-17(15-10-21-16-5-3-2-4-14(15)16)19(26)22-18(23-24)12-6-8-13(20)9-7-12/h2-10,17,21H,1H3,(H,22,23,26). The van der Waals surface area contributed by atoms with Crippen molar-refractivity contribution in [1.82, 2.24) is 15.3 Å². The van der Waals surface area contributed by atoms with Crippen molar-refractivity contribution in [3.8, 4) is 0 Å². The summed E-state index contributed by atoms with van der Waals surface area (Å²) in [4.78, 5) is 28.2. The van der Waals surface area contributed by atoms with Gasteiger partial charge >= 0.3 is 0 Å². The first-order chi connectivity index (χ1) is 12.5. The van der Waals surface area contributed by atoms with Crippen LogP contribution < -0.4 is 5.32 Å². The van der Waals surface area contributed by atoms with Crippen LogP contribution in [0, 0.1) is 0 Å². The van der Waals surface area contributed by atoms with Crippen LogP contribution in [0.3, 0.4) is 0 Å². The number of hydrogen-bond donors (Lipinski definition) is 2. The van der Waals surface area contributed by atoms with E-state index in [2.05, 4.69) is 15.4 Å². The van der Waals surface area contributed by atoms with E-state index in [9.17, 15) is 9.59 Å². The average molecular weight is 367 g/mol. The Morgan fingerprint density at radius 2 is 1.88 bits per heavy atom. The first-order valence-electron chi connectivity index (χ1n) is 8.06. The molecule has 0 radical (unpaired) electrons. The van der Waals surface area contributed by atoms with Crippen LogP contribution in [0.5, 0.6) is 0 Å². The van der Waals surface area contributed by atoms with Gasteiger partial charge in [0, 0.05) is 40.2 Å². The van der Waals surface area contributed by atoms with Crippen LogP contribution >= 0.6 is 11.6 Å². The van der Waals surface area contributed by atoms with Crippen molar-refractivity contribution in [2.24, 2.45) is 5.10 Å². The predicted molar refractivity (Wildman–Crippen MR) is 99.7 cm³/mol. The van der Waals surface area contributed by atoms with Crippen molar-refractivity contribution in [2.75, 3.05) is 0 Å². The van der Waals surface area contributed by atoms with Gasteiger partial charge in [0.05, 0.1) is 0 Å². The van der Waals surface area contributed by atoms with E-state index in [0.29, 0.717) is 22.0 Å². The monoisotopic (exact) mass is 366 g/mol. The van der Waals surface area contributed by atoms with E-state index >= 15 is 0 Å². The molecule has 130 valence electrons. The lowest BCUT2D eigenvalue weighted by atomic mass is 10.0. The van der Waals surface area contributed by atoms with Crippen molar-refractivity contribution in [3.05, 3.63) is 70.9 Å². The summed E-state index contributed by atoms with van der Waals surface area (Å²) < 4.78 is 0. The van der Waals surface area contributed by atoms with Gasteiger partial charge < -0.3 is 10.3 Å². The molecule has 2 N–H and O–H groups in total. The molecular weight excluding hydrogens is 352 g/mol. The maximum Gasteiger partial charge on any atom is 0.255 e. The number of H-pyrrole nitrogens is 1. The molecule has 0 saturated heterocycles. The minimum atomic E-state index is -0.834. The lowest BCUT2D eigenvalue weighted by Crippen LogP contribution is -2.48. The summed E-state index contributed by atoms with van der Waals surface area (Å²) in [6, 6.07) is 13.7. The third-order valence-electron chi connectivity index (χ3n) is 4.30. The zero-order chi connectivity index (χ0) is 18.3. The molecule has 1 atom stereocenters. The number of halogens is 1. The summed E-state index contributed by atoms with van der Waals surface area (Å²) in [5.74, 6) is -0.315. The Morgan fingerprint density at radius 1 is 1.15 bits per heavy atom. The van der Waals surface area contributed by atoms with Crippen LogP contribution in [0.1, 0.15) is 24.1 Å². The molecule has 0 spiro atoms. The van der Waals surface area contributed by atoms with E-state index in [1.807, 2.05) is 24.3 Å². The highest BCUT2D eigenvalue weighted by Gasteiger charge is 2.36. The van der Waals surface area contributed by atoms with Crippen molar-refractivity contribution in [1.29, 1.82) is 0 Å². The molecule has 1 aliphatic heterocycles. The summed E-state index contributed by atoms with van der Waals surface area (Å²) in [6.07, 6.45) is 1.74. The predicted octanol–water partition coefficient (Wildman–Crippen LogP) is 3.20. The molecule has 2 heterocycles. The van der Waals surface area contributed by atoms with E-state index < -0.39 is 6.04 Å². The number of amides is 2. The van der Waals surface area contributed by atoms with Gasteiger partial charge in [-0.05, 0) is 30.3 Å². The molecule has 6 nitrogen and oxygen atoms in total. The summed E-state index contributed by atoms with van der Waals surface area (Å²) in [5.41, 5.74) is 2.27. The summed E-state index contributed by atoms with van der Waals surface area (Å²) >= 11 is 5.91. The lowest BCUT2D eigenvalue weighted by Gasteiger charge is -2.31. The first-order valence-corrected chi connectivity index (χ1v) is 8.43. The molecule has 4 rings (SSSR count). The molecule has 2 amide bonds. The number of nitrogens with one attached hydrogen (secondary N) is 2. The Hall–Kier alpha value is -3.12. The van der Waals surface area contributed by atoms with Gasteiger partial charge in [0.2, 0.25) is 5.91 Å². The summed E-state index contributed by atoms with van der Waals surface area (Å²) in [5, 5.41) is 9.87. The molecule has 2 aromatic carbocycles. The Bertz CT molecular complexity index is 1040. The number of fused-ring (bicyclic) bond motifs is 1. The number of nitrogens with zero attached hydrogens (tertiary/aromatic N) is 2. The highest BCUT2D eigenvalue weighted by Crippen LogP contribution is 2.31. The van der Waals surface area contributed by atoms with Gasteiger partial charge in [-0.1, -0.05) is 29.8 Å². The number of amidine groups is 1. The number of aromatic nitrogens is 1. The van der Waals surface area contributed by atoms with Gasteiger partial charge in [-0.2, -0.15) is 5.10 Å². The van der Waals surface area contributed by atoms with E-state index in [0.717, 1.165) is 10.9 Å². The van der Waals surface area contributed by atoms with Crippen molar-refractivity contribution >= 4 is 40.2 Å². The van der Waals surface area contributed by atoms with E-state index in [4.69, 9.17) is 11.6 Å². The van der Waals surface area contributed by atoms with Gasteiger partial charge in [-0.25, -0.2) is 5.01 Å². The van der Waals surface area contributed by atoms with Crippen LogP contribution in [0.25, 0.3) is 10.9 Å². The molecule has 0 aliphatic carbocycles. The van der Waals surface area contributed by atoms with Crippen LogP contribution in [0.4, 0.5) is 0 Å². The quantitative estimate of drug-likeness (QED) is 0.730. The van der Waals surface area contributed by atoms with Crippen molar-refractivity contribution < 1.29 is 9.59 Å². The molecule has 0 fully saturated rings. The van der Waals surface area contributed by atoms with Crippen LogP contribution in [0.15, 0.2) is 59.8 Å². The minimum Gasteiger partial charge on any atom is -0.361 e. The lowest BCUT2D eigenvalue weighted by molar-refractivity contribution is -0.139. The van der Waals surface area contributed by atoms with Gasteiger partial charge in [-0.3, -0.25) is 9.59 Å². The smallest absolute Gasteiger partial charge is 0.255 e. The largest absolute Gasteiger partial charge is 0.361 e. The van der Waals surface area contributed by atoms with Crippen LogP contribution in [-0.4, -0.2) is 27.6 Å². The fraction of sp³-hybridized carbons (Fsp3) is 0.105. The van der Waals surface area contributed by atoms with Gasteiger partial charge in [0.25, 0.3) is 5.91 Å². The van der Waals surface area contributed by atoms with Crippen molar-refractivity contribution in [2.45, 2.75) is 13.0 Å².